The number of benzene rings is 1. The fourth-order valence-corrected chi connectivity index (χ4v) is 3.59. The summed E-state index contributed by atoms with van der Waals surface area (Å²) in [6.45, 7) is 1.45. The lowest BCUT2D eigenvalue weighted by molar-refractivity contribution is 0.114. The Kier molecular flexibility index (Phi) is 7.47. The van der Waals surface area contributed by atoms with E-state index in [0.717, 1.165) is 31.2 Å². The number of rotatable bonds is 7. The van der Waals surface area contributed by atoms with Crippen LogP contribution in [0.5, 0.6) is 0 Å². The summed E-state index contributed by atoms with van der Waals surface area (Å²) in [5.41, 5.74) is 6.69. The zero-order valence-electron chi connectivity index (χ0n) is 14.0. The molecule has 1 unspecified atom stereocenters. The molecule has 0 bridgehead atoms. The Morgan fingerprint density at radius 1 is 1.24 bits per heavy atom. The average Bonchev–Trinajstić information content (AvgIpc) is 3.22. The van der Waals surface area contributed by atoms with Gasteiger partial charge >= 0.3 is 0 Å². The third-order valence-electron chi connectivity index (χ3n) is 4.12. The maximum atomic E-state index is 12.3. The number of nitrogens with zero attached hydrogens (tertiary/aromatic N) is 1. The first-order valence-electron chi connectivity index (χ1n) is 8.29. The van der Waals surface area contributed by atoms with Gasteiger partial charge in [-0.25, -0.2) is 18.1 Å². The summed E-state index contributed by atoms with van der Waals surface area (Å²) >= 11 is 0. The van der Waals surface area contributed by atoms with Crippen molar-refractivity contribution >= 4 is 40.0 Å². The van der Waals surface area contributed by atoms with Crippen molar-refractivity contribution in [2.24, 2.45) is 10.7 Å². The van der Waals surface area contributed by atoms with Crippen molar-refractivity contribution in [2.75, 3.05) is 13.2 Å². The Hall–Kier alpha value is -0.910. The topological polar surface area (TPSA) is 106 Å². The molecule has 1 saturated heterocycles. The summed E-state index contributed by atoms with van der Waals surface area (Å²) in [6.07, 6.45) is 4.15. The van der Waals surface area contributed by atoms with Crippen molar-refractivity contribution in [1.82, 2.24) is 10.0 Å². The van der Waals surface area contributed by atoms with Crippen LogP contribution in [0.1, 0.15) is 31.2 Å². The minimum atomic E-state index is -3.51. The third-order valence-corrected chi connectivity index (χ3v) is 5.56. The van der Waals surface area contributed by atoms with Gasteiger partial charge in [0.1, 0.15) is 0 Å². The first-order valence-corrected chi connectivity index (χ1v) is 9.78. The molecular formula is C16H25IN4O3S. The van der Waals surface area contributed by atoms with E-state index in [-0.39, 0.29) is 35.0 Å². The lowest BCUT2D eigenvalue weighted by atomic mass is 10.2. The second kappa shape index (κ2) is 9.15. The summed E-state index contributed by atoms with van der Waals surface area (Å²) in [6, 6.07) is 7.17. The number of hydrogen-bond donors (Lipinski definition) is 3. The quantitative estimate of drug-likeness (QED) is 0.310. The maximum Gasteiger partial charge on any atom is 0.240 e. The number of hydrogen-bond acceptors (Lipinski definition) is 4. The molecule has 0 radical (unpaired) electrons. The number of nitrogens with one attached hydrogen (secondary N) is 2. The van der Waals surface area contributed by atoms with E-state index in [1.54, 1.807) is 24.3 Å². The molecular weight excluding hydrogens is 455 g/mol. The van der Waals surface area contributed by atoms with Crippen molar-refractivity contribution in [3.05, 3.63) is 29.8 Å². The molecule has 0 amide bonds. The lowest BCUT2D eigenvalue weighted by Gasteiger charge is -2.11. The Morgan fingerprint density at radius 3 is 2.56 bits per heavy atom. The van der Waals surface area contributed by atoms with Crippen LogP contribution in [0.3, 0.4) is 0 Å². The van der Waals surface area contributed by atoms with E-state index in [9.17, 15) is 8.42 Å². The monoisotopic (exact) mass is 480 g/mol. The molecule has 140 valence electrons. The molecule has 25 heavy (non-hydrogen) atoms. The van der Waals surface area contributed by atoms with E-state index in [1.165, 1.54) is 0 Å². The van der Waals surface area contributed by atoms with Crippen LogP contribution in [-0.2, 0) is 21.3 Å². The third kappa shape index (κ3) is 6.39. The Bertz CT molecular complexity index is 684. The van der Waals surface area contributed by atoms with Gasteiger partial charge in [-0.3, -0.25) is 0 Å². The Labute approximate surface area is 165 Å². The van der Waals surface area contributed by atoms with E-state index in [2.05, 4.69) is 15.0 Å². The number of nitrogens with two attached hydrogens (primary N) is 1. The van der Waals surface area contributed by atoms with Crippen molar-refractivity contribution in [1.29, 1.82) is 0 Å². The molecule has 1 aliphatic carbocycles. The standard InChI is InChI=1S/C16H24N4O3S.HI/c17-16(20-13-5-6-13)18-10-12-3-7-15(8-4-12)24(21,22)19-11-14-2-1-9-23-14;/h3-4,7-8,13-14,19H,1-2,5-6,9-11H2,(H3,17,18,20);1H. The van der Waals surface area contributed by atoms with E-state index in [0.29, 0.717) is 31.7 Å². The van der Waals surface area contributed by atoms with E-state index >= 15 is 0 Å². The zero-order valence-corrected chi connectivity index (χ0v) is 17.1. The van der Waals surface area contributed by atoms with Gasteiger partial charge < -0.3 is 15.8 Å². The molecule has 4 N–H and O–H groups in total. The summed E-state index contributed by atoms with van der Waals surface area (Å²) in [5.74, 6) is 0.437. The first kappa shape index (κ1) is 20.4. The molecule has 9 heteroatoms. The fraction of sp³-hybridized carbons (Fsp3) is 0.562. The average molecular weight is 480 g/mol. The van der Waals surface area contributed by atoms with Crippen molar-refractivity contribution in [3.8, 4) is 0 Å². The second-order valence-electron chi connectivity index (χ2n) is 6.25. The molecule has 1 saturated carbocycles. The van der Waals surface area contributed by atoms with E-state index < -0.39 is 10.0 Å². The lowest BCUT2D eigenvalue weighted by Crippen LogP contribution is -2.33. The number of halogens is 1. The second-order valence-corrected chi connectivity index (χ2v) is 8.02. The number of ether oxygens (including phenoxy) is 1. The molecule has 0 spiro atoms. The Morgan fingerprint density at radius 2 is 1.96 bits per heavy atom. The van der Waals surface area contributed by atoms with Gasteiger partial charge in [-0.15, -0.1) is 24.0 Å². The smallest absolute Gasteiger partial charge is 0.240 e. The molecule has 7 nitrogen and oxygen atoms in total. The molecule has 0 aromatic heterocycles. The summed E-state index contributed by atoms with van der Waals surface area (Å²) in [5, 5.41) is 3.11. The van der Waals surface area contributed by atoms with Gasteiger partial charge in [-0.2, -0.15) is 0 Å². The molecule has 1 aliphatic heterocycles. The molecule has 1 heterocycles. The molecule has 3 rings (SSSR count). The van der Waals surface area contributed by atoms with Crippen LogP contribution in [0.15, 0.2) is 34.2 Å². The zero-order chi connectivity index (χ0) is 17.0. The van der Waals surface area contributed by atoms with Crippen molar-refractivity contribution in [3.63, 3.8) is 0 Å². The minimum Gasteiger partial charge on any atom is -0.377 e. The molecule has 1 atom stereocenters. The van der Waals surface area contributed by atoms with Crippen molar-refractivity contribution in [2.45, 2.75) is 49.3 Å². The predicted molar refractivity (Wildman–Crippen MR) is 108 cm³/mol. The van der Waals surface area contributed by atoms with Crippen LogP contribution < -0.4 is 15.8 Å². The van der Waals surface area contributed by atoms with Crippen LogP contribution >= 0.6 is 24.0 Å². The number of sulfonamides is 1. The SMILES string of the molecule is I.NC(=NCc1ccc(S(=O)(=O)NCC2CCCO2)cc1)NC1CC1. The Balaban J connectivity index is 0.00000225. The van der Waals surface area contributed by atoms with Crippen LogP contribution in [0.2, 0.25) is 0 Å². The van der Waals surface area contributed by atoms with Crippen molar-refractivity contribution < 1.29 is 13.2 Å². The maximum absolute atomic E-state index is 12.3. The van der Waals surface area contributed by atoms with Gasteiger partial charge in [0.25, 0.3) is 0 Å². The summed E-state index contributed by atoms with van der Waals surface area (Å²) in [7, 11) is -3.51. The largest absolute Gasteiger partial charge is 0.377 e. The summed E-state index contributed by atoms with van der Waals surface area (Å²) < 4.78 is 32.6. The minimum absolute atomic E-state index is 0. The molecule has 2 fully saturated rings. The number of aliphatic imine (C=N–C) groups is 1. The summed E-state index contributed by atoms with van der Waals surface area (Å²) in [4.78, 5) is 4.50. The van der Waals surface area contributed by atoms with Gasteiger partial charge in [0.15, 0.2) is 5.96 Å². The van der Waals surface area contributed by atoms with Crippen LogP contribution in [0.4, 0.5) is 0 Å². The highest BCUT2D eigenvalue weighted by Gasteiger charge is 2.21. The first-order chi connectivity index (χ1) is 11.5. The number of guanidine groups is 1. The van der Waals surface area contributed by atoms with E-state index in [4.69, 9.17) is 10.5 Å². The normalized spacial score (nSPS) is 21.0. The van der Waals surface area contributed by atoms with Crippen LogP contribution in [-0.4, -0.2) is 39.7 Å². The molecule has 2 aliphatic rings. The highest BCUT2D eigenvalue weighted by molar-refractivity contribution is 14.0. The van der Waals surface area contributed by atoms with Gasteiger partial charge in [-0.1, -0.05) is 12.1 Å². The van der Waals surface area contributed by atoms with Gasteiger partial charge in [0.2, 0.25) is 10.0 Å². The van der Waals surface area contributed by atoms with Gasteiger partial charge in [0.05, 0.1) is 17.5 Å². The molecule has 1 aromatic carbocycles. The highest BCUT2D eigenvalue weighted by atomic mass is 127. The van der Waals surface area contributed by atoms with E-state index in [1.807, 2.05) is 0 Å². The van der Waals surface area contributed by atoms with Crippen LogP contribution in [0, 0.1) is 0 Å². The van der Waals surface area contributed by atoms with Gasteiger partial charge in [0, 0.05) is 19.2 Å². The highest BCUT2D eigenvalue weighted by Crippen LogP contribution is 2.18. The fourth-order valence-electron chi connectivity index (χ4n) is 2.52. The predicted octanol–water partition coefficient (Wildman–Crippen LogP) is 1.33. The van der Waals surface area contributed by atoms with Gasteiger partial charge in [-0.05, 0) is 43.4 Å². The van der Waals surface area contributed by atoms with Crippen LogP contribution in [0.25, 0.3) is 0 Å². The molecule has 1 aromatic rings.